The zero-order valence-corrected chi connectivity index (χ0v) is 13.6. The summed E-state index contributed by atoms with van der Waals surface area (Å²) in [6.45, 7) is 4.99. The van der Waals surface area contributed by atoms with E-state index >= 15 is 0 Å². The molecule has 0 spiro atoms. The maximum atomic E-state index is 11.6. The fraction of sp³-hybridized carbons (Fsp3) is 0.471. The zero-order valence-electron chi connectivity index (χ0n) is 13.6. The van der Waals surface area contributed by atoms with Crippen LogP contribution in [0.4, 0.5) is 0 Å². The van der Waals surface area contributed by atoms with Crippen molar-refractivity contribution in [1.29, 1.82) is 0 Å². The molecular formula is C17H22N2O4. The minimum Gasteiger partial charge on any atom is -0.478 e. The number of benzene rings is 1. The number of nitrogens with one attached hydrogen (secondary N) is 1. The van der Waals surface area contributed by atoms with Crippen LogP contribution in [0.3, 0.4) is 0 Å². The Morgan fingerprint density at radius 3 is 2.61 bits per heavy atom. The minimum absolute atomic E-state index is 0.120. The SMILES string of the molecule is CNC1COC([C@@H](C)n2c(C)c(C(=O)O)c3ccccc32)OC1. The van der Waals surface area contributed by atoms with Crippen LogP contribution in [0.25, 0.3) is 10.9 Å². The van der Waals surface area contributed by atoms with Crippen LogP contribution in [0.1, 0.15) is 29.0 Å². The third-order valence-corrected chi connectivity index (χ3v) is 4.50. The Hall–Kier alpha value is -1.89. The Balaban J connectivity index is 1.99. The van der Waals surface area contributed by atoms with Gasteiger partial charge in [0.1, 0.15) is 0 Å². The van der Waals surface area contributed by atoms with E-state index in [2.05, 4.69) is 5.32 Å². The van der Waals surface area contributed by atoms with Gasteiger partial charge >= 0.3 is 5.97 Å². The van der Waals surface area contributed by atoms with E-state index in [9.17, 15) is 9.90 Å². The van der Waals surface area contributed by atoms with Crippen LogP contribution in [0, 0.1) is 6.92 Å². The summed E-state index contributed by atoms with van der Waals surface area (Å²) in [5.41, 5.74) is 1.95. The van der Waals surface area contributed by atoms with Crippen LogP contribution in [-0.4, -0.2) is 48.2 Å². The van der Waals surface area contributed by atoms with Crippen LogP contribution >= 0.6 is 0 Å². The average molecular weight is 318 g/mol. The number of likely N-dealkylation sites (N-methyl/N-ethyl adjacent to an activating group) is 1. The Kier molecular flexibility index (Phi) is 4.39. The molecule has 0 bridgehead atoms. The van der Waals surface area contributed by atoms with E-state index < -0.39 is 12.3 Å². The van der Waals surface area contributed by atoms with Crippen LogP contribution in [-0.2, 0) is 9.47 Å². The van der Waals surface area contributed by atoms with Crippen molar-refractivity contribution in [3.8, 4) is 0 Å². The van der Waals surface area contributed by atoms with Crippen molar-refractivity contribution in [2.75, 3.05) is 20.3 Å². The summed E-state index contributed by atoms with van der Waals surface area (Å²) < 4.78 is 13.6. The second kappa shape index (κ2) is 6.31. The van der Waals surface area contributed by atoms with Crippen molar-refractivity contribution < 1.29 is 19.4 Å². The number of aromatic carboxylic acids is 1. The molecule has 2 heterocycles. The molecule has 0 aliphatic carbocycles. The van der Waals surface area contributed by atoms with E-state index in [4.69, 9.17) is 9.47 Å². The Morgan fingerprint density at radius 2 is 2.00 bits per heavy atom. The van der Waals surface area contributed by atoms with Gasteiger partial charge in [0.2, 0.25) is 0 Å². The lowest BCUT2D eigenvalue weighted by molar-refractivity contribution is -0.207. The van der Waals surface area contributed by atoms with Crippen LogP contribution in [0.15, 0.2) is 24.3 Å². The molecule has 6 heteroatoms. The lowest BCUT2D eigenvalue weighted by Gasteiger charge is -2.34. The Bertz CT molecular complexity index is 717. The number of fused-ring (bicyclic) bond motifs is 1. The van der Waals surface area contributed by atoms with E-state index in [0.29, 0.717) is 24.5 Å². The van der Waals surface area contributed by atoms with Gasteiger partial charge in [-0.25, -0.2) is 4.79 Å². The first-order valence-electron chi connectivity index (χ1n) is 7.78. The van der Waals surface area contributed by atoms with Crippen molar-refractivity contribution in [1.82, 2.24) is 9.88 Å². The van der Waals surface area contributed by atoms with Gasteiger partial charge in [-0.1, -0.05) is 18.2 Å². The molecule has 6 nitrogen and oxygen atoms in total. The number of nitrogens with zero attached hydrogens (tertiary/aromatic N) is 1. The summed E-state index contributed by atoms with van der Waals surface area (Å²) in [5.74, 6) is -0.912. The molecule has 1 saturated heterocycles. The van der Waals surface area contributed by atoms with Gasteiger partial charge in [-0.3, -0.25) is 0 Å². The lowest BCUT2D eigenvalue weighted by Crippen LogP contribution is -2.45. The molecule has 0 unspecified atom stereocenters. The van der Waals surface area contributed by atoms with Gasteiger partial charge in [-0.2, -0.15) is 0 Å². The molecule has 1 aliphatic rings. The summed E-state index contributed by atoms with van der Waals surface area (Å²) in [7, 11) is 1.88. The van der Waals surface area contributed by atoms with Crippen molar-refractivity contribution in [2.45, 2.75) is 32.2 Å². The van der Waals surface area contributed by atoms with Gasteiger partial charge < -0.3 is 24.5 Å². The molecule has 0 amide bonds. The molecule has 2 aromatic rings. The van der Waals surface area contributed by atoms with E-state index in [1.54, 1.807) is 0 Å². The molecule has 1 atom stereocenters. The van der Waals surface area contributed by atoms with Gasteiger partial charge in [0.15, 0.2) is 6.29 Å². The number of hydrogen-bond donors (Lipinski definition) is 2. The predicted octanol–water partition coefficient (Wildman–Crippen LogP) is 2.17. The zero-order chi connectivity index (χ0) is 16.6. The highest BCUT2D eigenvalue weighted by molar-refractivity contribution is 6.05. The fourth-order valence-corrected chi connectivity index (χ4v) is 3.27. The average Bonchev–Trinajstić information content (AvgIpc) is 2.86. The molecule has 1 aromatic heterocycles. The second-order valence-corrected chi connectivity index (χ2v) is 5.91. The molecule has 1 aromatic carbocycles. The molecule has 2 N–H and O–H groups in total. The molecule has 124 valence electrons. The highest BCUT2D eigenvalue weighted by Crippen LogP contribution is 2.31. The monoisotopic (exact) mass is 318 g/mol. The van der Waals surface area contributed by atoms with Gasteiger partial charge in [-0.05, 0) is 27.0 Å². The fourth-order valence-electron chi connectivity index (χ4n) is 3.27. The number of carbonyl (C=O) groups is 1. The molecule has 23 heavy (non-hydrogen) atoms. The van der Waals surface area contributed by atoms with Crippen LogP contribution in [0.2, 0.25) is 0 Å². The molecule has 0 saturated carbocycles. The number of aromatic nitrogens is 1. The number of ether oxygens (including phenoxy) is 2. The number of rotatable bonds is 4. The minimum atomic E-state index is -0.912. The smallest absolute Gasteiger partial charge is 0.338 e. The standard InChI is InChI=1S/C17H22N2O4/c1-10-15(16(20)21)13-6-4-5-7-14(13)19(10)11(2)17-22-8-12(18-3)9-23-17/h4-7,11-12,17-18H,8-9H2,1-3H3,(H,20,21)/t11-,12?,17?/m1/s1. The maximum Gasteiger partial charge on any atom is 0.338 e. The van der Waals surface area contributed by atoms with Crippen LogP contribution < -0.4 is 5.32 Å². The number of hydrogen-bond acceptors (Lipinski definition) is 4. The first-order chi connectivity index (χ1) is 11.0. The van der Waals surface area contributed by atoms with Gasteiger partial charge in [-0.15, -0.1) is 0 Å². The highest BCUT2D eigenvalue weighted by atomic mass is 16.7. The maximum absolute atomic E-state index is 11.6. The van der Waals surface area contributed by atoms with Crippen molar-refractivity contribution >= 4 is 16.9 Å². The topological polar surface area (TPSA) is 72.7 Å². The lowest BCUT2D eigenvalue weighted by atomic mass is 10.1. The molecule has 3 rings (SSSR count). The summed E-state index contributed by atoms with van der Waals surface area (Å²) in [6, 6.07) is 7.62. The quantitative estimate of drug-likeness (QED) is 0.904. The van der Waals surface area contributed by atoms with Crippen LogP contribution in [0.5, 0.6) is 0 Å². The first-order valence-corrected chi connectivity index (χ1v) is 7.78. The molecule has 1 fully saturated rings. The van der Waals surface area contributed by atoms with E-state index in [1.807, 2.05) is 49.7 Å². The van der Waals surface area contributed by atoms with E-state index in [0.717, 1.165) is 10.9 Å². The van der Waals surface area contributed by atoms with Gasteiger partial charge in [0, 0.05) is 16.6 Å². The largest absolute Gasteiger partial charge is 0.478 e. The first kappa shape index (κ1) is 16.0. The second-order valence-electron chi connectivity index (χ2n) is 5.91. The molecular weight excluding hydrogens is 296 g/mol. The van der Waals surface area contributed by atoms with E-state index in [1.165, 1.54) is 0 Å². The number of carboxylic acids is 1. The van der Waals surface area contributed by atoms with Gasteiger partial charge in [0.25, 0.3) is 0 Å². The predicted molar refractivity (Wildman–Crippen MR) is 86.9 cm³/mol. The Labute approximate surface area is 135 Å². The summed E-state index contributed by atoms with van der Waals surface area (Å²) in [5, 5.41) is 13.4. The van der Waals surface area contributed by atoms with E-state index in [-0.39, 0.29) is 12.1 Å². The normalized spacial score (nSPS) is 23.1. The molecule has 0 radical (unpaired) electrons. The molecule has 1 aliphatic heterocycles. The number of para-hydroxylation sites is 1. The summed E-state index contributed by atoms with van der Waals surface area (Å²) in [4.78, 5) is 11.6. The third kappa shape index (κ3) is 2.73. The van der Waals surface area contributed by atoms with Crippen molar-refractivity contribution in [3.63, 3.8) is 0 Å². The van der Waals surface area contributed by atoms with Crippen molar-refractivity contribution in [3.05, 3.63) is 35.5 Å². The summed E-state index contributed by atoms with van der Waals surface area (Å²) in [6.07, 6.45) is -0.393. The number of carboxylic acid groups (broad SMARTS) is 1. The van der Waals surface area contributed by atoms with Gasteiger partial charge in [0.05, 0.1) is 30.9 Å². The third-order valence-electron chi connectivity index (χ3n) is 4.50. The Morgan fingerprint density at radius 1 is 1.35 bits per heavy atom. The van der Waals surface area contributed by atoms with Crippen molar-refractivity contribution in [2.24, 2.45) is 0 Å². The highest BCUT2D eigenvalue weighted by Gasteiger charge is 2.30. The summed E-state index contributed by atoms with van der Waals surface area (Å²) >= 11 is 0.